The molecule has 0 fully saturated rings. The minimum Gasteiger partial charge on any atom is -0.457 e. The van der Waals surface area contributed by atoms with Crippen LogP contribution in [0.4, 0.5) is 0 Å². The molecule has 0 aromatic carbocycles. The Morgan fingerprint density at radius 2 is 1.08 bits per heavy atom. The van der Waals surface area contributed by atoms with Gasteiger partial charge in [-0.25, -0.2) is 4.57 Å². The summed E-state index contributed by atoms with van der Waals surface area (Å²) in [5, 5.41) is 0. The second-order valence-electron chi connectivity index (χ2n) is 13.5. The average molecular weight is 716 g/mol. The van der Waals surface area contributed by atoms with E-state index < -0.39 is 13.9 Å². The maximum absolute atomic E-state index is 12.5. The molecule has 0 aliphatic rings. The Kier molecular flexibility index (Phi) is 37.4. The zero-order valence-corrected chi connectivity index (χ0v) is 32.8. The first-order valence-corrected chi connectivity index (χ1v) is 21.8. The summed E-state index contributed by atoms with van der Waals surface area (Å²) >= 11 is 0. The lowest BCUT2D eigenvalue weighted by Gasteiger charge is -2.20. The van der Waals surface area contributed by atoms with Crippen LogP contribution in [-0.2, 0) is 27.9 Å². The van der Waals surface area contributed by atoms with Crippen molar-refractivity contribution in [1.29, 1.82) is 0 Å². The molecular formula is C40H78NO7P. The minimum absolute atomic E-state index is 0.0945. The highest BCUT2D eigenvalue weighted by molar-refractivity contribution is 7.47. The Balaban J connectivity index is 4.02. The van der Waals surface area contributed by atoms with E-state index >= 15 is 0 Å². The van der Waals surface area contributed by atoms with E-state index in [1.807, 2.05) is 0 Å². The summed E-state index contributed by atoms with van der Waals surface area (Å²) in [4.78, 5) is 22.4. The fourth-order valence-corrected chi connectivity index (χ4v) is 6.38. The van der Waals surface area contributed by atoms with E-state index in [9.17, 15) is 14.3 Å². The van der Waals surface area contributed by atoms with Crippen molar-refractivity contribution in [3.8, 4) is 0 Å². The Morgan fingerprint density at radius 3 is 1.63 bits per heavy atom. The monoisotopic (exact) mass is 716 g/mol. The minimum atomic E-state index is -4.27. The smallest absolute Gasteiger partial charge is 0.457 e. The summed E-state index contributed by atoms with van der Waals surface area (Å²) in [6.07, 6.45) is 40.4. The fraction of sp³-hybridized carbons (Fsp3) is 0.875. The van der Waals surface area contributed by atoms with Gasteiger partial charge in [-0.05, 0) is 44.9 Å². The van der Waals surface area contributed by atoms with E-state index in [-0.39, 0.29) is 32.3 Å². The first-order chi connectivity index (χ1) is 23.9. The van der Waals surface area contributed by atoms with Crippen molar-refractivity contribution in [2.45, 2.75) is 193 Å². The Bertz CT molecular complexity index is 807. The summed E-state index contributed by atoms with van der Waals surface area (Å²) in [7, 11) is -4.27. The molecule has 3 N–H and O–H groups in total. The van der Waals surface area contributed by atoms with E-state index in [2.05, 4.69) is 38.2 Å². The number of esters is 1. The highest BCUT2D eigenvalue weighted by atomic mass is 31.2. The topological polar surface area (TPSA) is 117 Å². The van der Waals surface area contributed by atoms with Crippen molar-refractivity contribution in [1.82, 2.24) is 0 Å². The van der Waals surface area contributed by atoms with Gasteiger partial charge in [-0.2, -0.15) is 0 Å². The highest BCUT2D eigenvalue weighted by Crippen LogP contribution is 2.43. The van der Waals surface area contributed by atoms with E-state index in [0.717, 1.165) is 38.5 Å². The molecule has 0 aromatic rings. The molecule has 0 spiro atoms. The van der Waals surface area contributed by atoms with Crippen molar-refractivity contribution in [3.05, 3.63) is 24.3 Å². The van der Waals surface area contributed by atoms with Crippen LogP contribution < -0.4 is 5.73 Å². The first kappa shape index (κ1) is 48.0. The Labute approximate surface area is 302 Å². The summed E-state index contributed by atoms with van der Waals surface area (Å²) in [5.74, 6) is -0.334. The summed E-state index contributed by atoms with van der Waals surface area (Å²) in [6, 6.07) is 0. The van der Waals surface area contributed by atoms with Gasteiger partial charge >= 0.3 is 13.8 Å². The molecule has 2 atom stereocenters. The molecule has 49 heavy (non-hydrogen) atoms. The molecule has 290 valence electrons. The van der Waals surface area contributed by atoms with Gasteiger partial charge in [0.05, 0.1) is 19.8 Å². The van der Waals surface area contributed by atoms with Gasteiger partial charge in [-0.15, -0.1) is 0 Å². The van der Waals surface area contributed by atoms with Gasteiger partial charge in [0.25, 0.3) is 0 Å². The van der Waals surface area contributed by atoms with Crippen molar-refractivity contribution in [3.63, 3.8) is 0 Å². The summed E-state index contributed by atoms with van der Waals surface area (Å²) < 4.78 is 33.3. The number of allylic oxidation sites excluding steroid dienone is 4. The lowest BCUT2D eigenvalue weighted by molar-refractivity contribution is -0.154. The van der Waals surface area contributed by atoms with Crippen LogP contribution in [0.1, 0.15) is 187 Å². The van der Waals surface area contributed by atoms with Crippen molar-refractivity contribution >= 4 is 13.8 Å². The molecule has 0 rings (SSSR count). The second-order valence-corrected chi connectivity index (χ2v) is 15.0. The third-order valence-electron chi connectivity index (χ3n) is 8.62. The van der Waals surface area contributed by atoms with Gasteiger partial charge in [-0.1, -0.05) is 160 Å². The normalized spacial score (nSPS) is 13.8. The van der Waals surface area contributed by atoms with Crippen molar-refractivity contribution in [2.24, 2.45) is 5.73 Å². The van der Waals surface area contributed by atoms with Gasteiger partial charge in [0.2, 0.25) is 0 Å². The molecular weight excluding hydrogens is 637 g/mol. The lowest BCUT2D eigenvalue weighted by Crippen LogP contribution is -2.28. The van der Waals surface area contributed by atoms with Crippen LogP contribution in [0.3, 0.4) is 0 Å². The predicted octanol–water partition coefficient (Wildman–Crippen LogP) is 11.7. The van der Waals surface area contributed by atoms with E-state index in [1.54, 1.807) is 0 Å². The zero-order chi connectivity index (χ0) is 35.9. The third-order valence-corrected chi connectivity index (χ3v) is 9.61. The molecule has 2 unspecified atom stereocenters. The van der Waals surface area contributed by atoms with Crippen LogP contribution in [0.25, 0.3) is 0 Å². The van der Waals surface area contributed by atoms with Crippen LogP contribution in [0.15, 0.2) is 24.3 Å². The fourth-order valence-electron chi connectivity index (χ4n) is 5.61. The third kappa shape index (κ3) is 38.1. The number of nitrogens with two attached hydrogens (primary N) is 1. The maximum Gasteiger partial charge on any atom is 0.472 e. The quantitative estimate of drug-likeness (QED) is 0.0279. The van der Waals surface area contributed by atoms with Gasteiger partial charge in [0.15, 0.2) is 0 Å². The molecule has 0 saturated carbocycles. The van der Waals surface area contributed by atoms with Crippen LogP contribution in [0, 0.1) is 0 Å². The van der Waals surface area contributed by atoms with E-state index in [0.29, 0.717) is 13.0 Å². The first-order valence-electron chi connectivity index (χ1n) is 20.3. The largest absolute Gasteiger partial charge is 0.472 e. The molecule has 8 nitrogen and oxygen atoms in total. The van der Waals surface area contributed by atoms with Crippen LogP contribution in [0.2, 0.25) is 0 Å². The standard InChI is InChI=1S/C40H78NO7P/c1-3-5-7-9-11-13-15-16-17-18-19-20-21-22-23-25-27-29-31-33-40(42)48-39(38-47-49(43,44)46-36-34-41)37-45-35-32-30-28-26-24-14-12-10-8-6-4-2/h11,13,16-17,39H,3-10,12,14-15,18-38,41H2,1-2H3,(H,43,44)/b13-11-,17-16-. The number of phosphoric acid groups is 1. The van der Waals surface area contributed by atoms with Crippen LogP contribution in [0.5, 0.6) is 0 Å². The number of rotatable bonds is 39. The number of phosphoric ester groups is 1. The summed E-state index contributed by atoms with van der Waals surface area (Å²) in [5.41, 5.74) is 5.36. The second kappa shape index (κ2) is 38.2. The number of hydrogen-bond donors (Lipinski definition) is 2. The van der Waals surface area contributed by atoms with E-state index in [1.165, 1.54) is 128 Å². The molecule has 0 heterocycles. The number of hydrogen-bond acceptors (Lipinski definition) is 7. The van der Waals surface area contributed by atoms with Crippen molar-refractivity contribution < 1.29 is 32.8 Å². The maximum atomic E-state index is 12.5. The molecule has 0 aromatic heterocycles. The van der Waals surface area contributed by atoms with Crippen LogP contribution in [-0.4, -0.2) is 49.9 Å². The molecule has 0 aliphatic carbocycles. The Hall–Kier alpha value is -1.02. The van der Waals surface area contributed by atoms with E-state index in [4.69, 9.17) is 24.3 Å². The number of carbonyl (C=O) groups excluding carboxylic acids is 1. The predicted molar refractivity (Wildman–Crippen MR) is 206 cm³/mol. The SMILES string of the molecule is CCCCC/C=C\C/C=C\CCCCCCCCCCCC(=O)OC(COCCCCCCCCCCCCC)COP(=O)(O)OCCN. The van der Waals surface area contributed by atoms with Gasteiger partial charge in [0.1, 0.15) is 6.10 Å². The number of carbonyl (C=O) groups is 1. The lowest BCUT2D eigenvalue weighted by atomic mass is 10.1. The zero-order valence-electron chi connectivity index (χ0n) is 31.9. The molecule has 0 saturated heterocycles. The van der Waals surface area contributed by atoms with Gasteiger partial charge in [0, 0.05) is 19.6 Å². The van der Waals surface area contributed by atoms with Crippen LogP contribution >= 0.6 is 7.82 Å². The number of ether oxygens (including phenoxy) is 2. The highest BCUT2D eigenvalue weighted by Gasteiger charge is 2.25. The van der Waals surface area contributed by atoms with Gasteiger partial charge in [-0.3, -0.25) is 13.8 Å². The number of unbranched alkanes of at least 4 members (excludes halogenated alkanes) is 22. The Morgan fingerprint density at radius 1 is 0.612 bits per heavy atom. The summed E-state index contributed by atoms with van der Waals surface area (Å²) in [6.45, 7) is 4.90. The molecule has 9 heteroatoms. The molecule has 0 amide bonds. The van der Waals surface area contributed by atoms with Gasteiger partial charge < -0.3 is 20.1 Å². The van der Waals surface area contributed by atoms with Crippen molar-refractivity contribution in [2.75, 3.05) is 33.0 Å². The molecule has 0 bridgehead atoms. The molecule has 0 aliphatic heterocycles. The average Bonchev–Trinajstić information content (AvgIpc) is 3.09. The molecule has 0 radical (unpaired) electrons.